The first-order valence-corrected chi connectivity index (χ1v) is 14.2. The summed E-state index contributed by atoms with van der Waals surface area (Å²) >= 11 is 0. The molecule has 43 heavy (non-hydrogen) atoms. The number of halogens is 2. The van der Waals surface area contributed by atoms with Gasteiger partial charge >= 0.3 is 6.09 Å². The molecule has 1 amide bonds. The molecule has 1 saturated heterocycles. The molecule has 1 N–H and O–H groups in total. The fourth-order valence-electron chi connectivity index (χ4n) is 5.17. The Morgan fingerprint density at radius 1 is 1.07 bits per heavy atom. The van der Waals surface area contributed by atoms with Crippen molar-refractivity contribution in [3.8, 4) is 23.1 Å². The van der Waals surface area contributed by atoms with Crippen LogP contribution < -0.4 is 19.9 Å². The Hall–Kier alpha value is -4.66. The van der Waals surface area contributed by atoms with Gasteiger partial charge in [0.15, 0.2) is 17.4 Å². The van der Waals surface area contributed by atoms with Gasteiger partial charge in [-0.05, 0) is 65.0 Å². The number of anilines is 4. The number of fused-ring (bicyclic) bond motifs is 1. The number of nitrogens with one attached hydrogen (secondary N) is 1. The normalized spacial score (nSPS) is 15.1. The zero-order valence-corrected chi connectivity index (χ0v) is 24.9. The molecular formula is C31H35F2N7O3. The van der Waals surface area contributed by atoms with E-state index in [1.165, 1.54) is 6.07 Å². The number of carbonyl (C=O) groups excluding carboxylic acids is 1. The Balaban J connectivity index is 1.34. The van der Waals surface area contributed by atoms with E-state index < -0.39 is 17.2 Å². The SMILES string of the molecule is CC(C)N1CCOc2c(F)cc(-c3nc(Nc4ccc(N5CCN(C(=O)OC(C)(C)C)CC5)c(C#N)c4)ncc3F)cc21. The van der Waals surface area contributed by atoms with E-state index in [0.29, 0.717) is 56.3 Å². The Bertz CT molecular complexity index is 1560. The van der Waals surface area contributed by atoms with E-state index in [1.54, 1.807) is 23.1 Å². The summed E-state index contributed by atoms with van der Waals surface area (Å²) in [6, 6.07) is 10.5. The van der Waals surface area contributed by atoms with E-state index in [9.17, 15) is 14.4 Å². The number of hydrogen-bond donors (Lipinski definition) is 1. The van der Waals surface area contributed by atoms with Crippen molar-refractivity contribution in [1.29, 1.82) is 5.26 Å². The average molecular weight is 592 g/mol. The second kappa shape index (κ2) is 11.9. The molecule has 12 heteroatoms. The molecule has 3 heterocycles. The highest BCUT2D eigenvalue weighted by atomic mass is 19.1. The molecule has 0 atom stereocenters. The number of hydrogen-bond acceptors (Lipinski definition) is 9. The minimum absolute atomic E-state index is 0.0616. The Morgan fingerprint density at radius 2 is 1.81 bits per heavy atom. The Kier molecular flexibility index (Phi) is 8.26. The van der Waals surface area contributed by atoms with Crippen molar-refractivity contribution < 1.29 is 23.0 Å². The monoisotopic (exact) mass is 591 g/mol. The van der Waals surface area contributed by atoms with Gasteiger partial charge in [0.25, 0.3) is 0 Å². The highest BCUT2D eigenvalue weighted by molar-refractivity contribution is 5.74. The van der Waals surface area contributed by atoms with Gasteiger partial charge in [-0.25, -0.2) is 23.5 Å². The molecular weight excluding hydrogens is 556 g/mol. The molecule has 2 aliphatic rings. The predicted molar refractivity (Wildman–Crippen MR) is 160 cm³/mol. The lowest BCUT2D eigenvalue weighted by atomic mass is 10.1. The molecule has 0 bridgehead atoms. The summed E-state index contributed by atoms with van der Waals surface area (Å²) < 4.78 is 41.0. The van der Waals surface area contributed by atoms with Gasteiger partial charge in [-0.15, -0.1) is 0 Å². The van der Waals surface area contributed by atoms with E-state index >= 15 is 4.39 Å². The molecule has 226 valence electrons. The maximum Gasteiger partial charge on any atom is 0.410 e. The summed E-state index contributed by atoms with van der Waals surface area (Å²) in [7, 11) is 0. The van der Waals surface area contributed by atoms with Crippen LogP contribution in [0, 0.1) is 23.0 Å². The molecule has 3 aromatic rings. The fourth-order valence-corrected chi connectivity index (χ4v) is 5.17. The number of benzene rings is 2. The quantitative estimate of drug-likeness (QED) is 0.400. The van der Waals surface area contributed by atoms with Gasteiger partial charge in [-0.3, -0.25) is 0 Å². The summed E-state index contributed by atoms with van der Waals surface area (Å²) in [5, 5.41) is 12.9. The molecule has 2 aliphatic heterocycles. The third-order valence-electron chi connectivity index (χ3n) is 7.20. The van der Waals surface area contributed by atoms with E-state index in [0.717, 1.165) is 11.9 Å². The second-order valence-corrected chi connectivity index (χ2v) is 11.8. The van der Waals surface area contributed by atoms with Gasteiger partial charge in [0, 0.05) is 43.5 Å². The molecule has 2 aromatic carbocycles. The van der Waals surface area contributed by atoms with E-state index in [4.69, 9.17) is 9.47 Å². The summed E-state index contributed by atoms with van der Waals surface area (Å²) in [6.45, 7) is 12.5. The van der Waals surface area contributed by atoms with Crippen LogP contribution in [0.15, 0.2) is 36.5 Å². The van der Waals surface area contributed by atoms with E-state index in [2.05, 4.69) is 21.4 Å². The van der Waals surface area contributed by atoms with Crippen molar-refractivity contribution in [3.63, 3.8) is 0 Å². The summed E-state index contributed by atoms with van der Waals surface area (Å²) in [6.07, 6.45) is 0.678. The number of aromatic nitrogens is 2. The van der Waals surface area contributed by atoms with Gasteiger partial charge in [-0.1, -0.05) is 0 Å². The lowest BCUT2D eigenvalue weighted by molar-refractivity contribution is 0.0240. The minimum Gasteiger partial charge on any atom is -0.486 e. The van der Waals surface area contributed by atoms with Crippen molar-refractivity contribution >= 4 is 29.1 Å². The van der Waals surface area contributed by atoms with Crippen molar-refractivity contribution in [2.75, 3.05) is 54.4 Å². The van der Waals surface area contributed by atoms with Gasteiger partial charge < -0.3 is 29.5 Å². The number of piperazine rings is 1. The fraction of sp³-hybridized carbons (Fsp3) is 0.419. The average Bonchev–Trinajstić information content (AvgIpc) is 2.97. The molecule has 0 spiro atoms. The maximum atomic E-state index is 15.0. The van der Waals surface area contributed by atoms with Crippen molar-refractivity contribution in [1.82, 2.24) is 14.9 Å². The van der Waals surface area contributed by atoms with Gasteiger partial charge in [0.2, 0.25) is 5.95 Å². The number of ether oxygens (including phenoxy) is 2. The van der Waals surface area contributed by atoms with Crippen LogP contribution in [0.2, 0.25) is 0 Å². The first-order chi connectivity index (χ1) is 20.4. The topological polar surface area (TPSA) is 107 Å². The van der Waals surface area contributed by atoms with Crippen LogP contribution in [0.1, 0.15) is 40.2 Å². The lowest BCUT2D eigenvalue weighted by Gasteiger charge is -2.37. The molecule has 1 fully saturated rings. The summed E-state index contributed by atoms with van der Waals surface area (Å²) in [5.74, 6) is -1.05. The molecule has 5 rings (SSSR count). The summed E-state index contributed by atoms with van der Waals surface area (Å²) in [4.78, 5) is 26.5. The smallest absolute Gasteiger partial charge is 0.410 e. The second-order valence-electron chi connectivity index (χ2n) is 11.8. The van der Waals surface area contributed by atoms with Crippen molar-refractivity contribution in [3.05, 3.63) is 53.7 Å². The van der Waals surface area contributed by atoms with Gasteiger partial charge in [-0.2, -0.15) is 5.26 Å². The number of carbonyl (C=O) groups is 1. The van der Waals surface area contributed by atoms with Crippen LogP contribution in [0.3, 0.4) is 0 Å². The van der Waals surface area contributed by atoms with Crippen LogP contribution in [0.4, 0.5) is 36.6 Å². The number of amides is 1. The molecule has 10 nitrogen and oxygen atoms in total. The number of nitriles is 1. The third-order valence-corrected chi connectivity index (χ3v) is 7.20. The zero-order chi connectivity index (χ0) is 30.9. The zero-order valence-electron chi connectivity index (χ0n) is 24.9. The predicted octanol–water partition coefficient (Wildman–Crippen LogP) is 5.70. The standard InChI is InChI=1S/C31H35F2N7O3/c1-19(2)40-12-13-42-28-23(32)15-20(16-26(28)40)27-24(33)18-35-29(37-27)36-22-6-7-25(21(14-22)17-34)38-8-10-39(11-9-38)30(41)43-31(3,4)5/h6-7,14-16,18-19H,8-13H2,1-5H3,(H,35,36,37). The van der Waals surface area contributed by atoms with E-state index in [1.807, 2.05) is 50.5 Å². The largest absolute Gasteiger partial charge is 0.486 e. The van der Waals surface area contributed by atoms with Crippen LogP contribution in [-0.2, 0) is 4.74 Å². The number of rotatable bonds is 5. The highest BCUT2D eigenvalue weighted by Gasteiger charge is 2.28. The third kappa shape index (κ3) is 6.56. The molecule has 0 saturated carbocycles. The molecule has 0 aliphatic carbocycles. The van der Waals surface area contributed by atoms with Crippen molar-refractivity contribution in [2.24, 2.45) is 0 Å². The van der Waals surface area contributed by atoms with Crippen molar-refractivity contribution in [2.45, 2.75) is 46.3 Å². The van der Waals surface area contributed by atoms with Crippen LogP contribution in [-0.4, -0.2) is 71.9 Å². The maximum absolute atomic E-state index is 15.0. The van der Waals surface area contributed by atoms with Crippen LogP contribution in [0.5, 0.6) is 5.75 Å². The molecule has 0 radical (unpaired) electrons. The van der Waals surface area contributed by atoms with Crippen LogP contribution >= 0.6 is 0 Å². The lowest BCUT2D eigenvalue weighted by Crippen LogP contribution is -2.50. The van der Waals surface area contributed by atoms with Gasteiger partial charge in [0.1, 0.15) is 24.0 Å². The highest BCUT2D eigenvalue weighted by Crippen LogP contribution is 2.39. The Morgan fingerprint density at radius 3 is 2.49 bits per heavy atom. The first kappa shape index (κ1) is 29.8. The van der Waals surface area contributed by atoms with Crippen LogP contribution in [0.25, 0.3) is 11.3 Å². The Labute approximate surface area is 249 Å². The minimum atomic E-state index is -0.698. The molecule has 0 unspecified atom stereocenters. The van der Waals surface area contributed by atoms with Gasteiger partial charge in [0.05, 0.1) is 29.7 Å². The van der Waals surface area contributed by atoms with E-state index in [-0.39, 0.29) is 35.1 Å². The molecule has 1 aromatic heterocycles. The number of nitrogens with zero attached hydrogens (tertiary/aromatic N) is 6. The first-order valence-electron chi connectivity index (χ1n) is 14.2. The summed E-state index contributed by atoms with van der Waals surface area (Å²) in [5.41, 5.74) is 1.86.